The predicted molar refractivity (Wildman–Crippen MR) is 142 cm³/mol. The van der Waals surface area contributed by atoms with Crippen molar-refractivity contribution >= 4 is 0 Å². The summed E-state index contributed by atoms with van der Waals surface area (Å²) in [6.45, 7) is 18.9. The first-order valence-electron chi connectivity index (χ1n) is 13.9. The highest BCUT2D eigenvalue weighted by Crippen LogP contribution is 2.70. The van der Waals surface area contributed by atoms with Gasteiger partial charge >= 0.3 is 0 Å². The summed E-state index contributed by atoms with van der Waals surface area (Å²) in [6, 6.07) is 9.28. The fourth-order valence-electron chi connectivity index (χ4n) is 9.96. The summed E-state index contributed by atoms with van der Waals surface area (Å²) in [5.41, 5.74) is 12.0. The van der Waals surface area contributed by atoms with Gasteiger partial charge in [-0.1, -0.05) is 42.3 Å². The lowest BCUT2D eigenvalue weighted by Gasteiger charge is -2.40. The van der Waals surface area contributed by atoms with Crippen LogP contribution >= 0.6 is 0 Å². The number of fused-ring (bicyclic) bond motifs is 9. The molecule has 0 radical (unpaired) electrons. The highest BCUT2D eigenvalue weighted by molar-refractivity contribution is 5.63. The summed E-state index contributed by atoms with van der Waals surface area (Å²) < 4.78 is 14.3. The maximum atomic E-state index is 7.44. The Morgan fingerprint density at radius 3 is 1.77 bits per heavy atom. The predicted octanol–water partition coefficient (Wildman–Crippen LogP) is 8.01. The lowest BCUT2D eigenvalue weighted by molar-refractivity contribution is -0.105. The summed E-state index contributed by atoms with van der Waals surface area (Å²) in [6.07, 6.45) is 7.81. The molecule has 2 fully saturated rings. The van der Waals surface area contributed by atoms with E-state index >= 15 is 0 Å². The van der Waals surface area contributed by atoms with Crippen molar-refractivity contribution in [3.63, 3.8) is 0 Å². The topological polar surface area (TPSA) is 18.5 Å². The van der Waals surface area contributed by atoms with E-state index in [0.29, 0.717) is 0 Å². The van der Waals surface area contributed by atoms with Crippen molar-refractivity contribution in [3.8, 4) is 0 Å². The zero-order valence-corrected chi connectivity index (χ0v) is 23.1. The lowest BCUT2D eigenvalue weighted by atomic mass is 9.64. The molecule has 6 atom stereocenters. The average Bonchev–Trinajstić information content (AvgIpc) is 3.58. The van der Waals surface area contributed by atoms with Gasteiger partial charge in [0.2, 0.25) is 0 Å². The highest BCUT2D eigenvalue weighted by Gasteiger charge is 2.67. The molecule has 7 rings (SSSR count). The van der Waals surface area contributed by atoms with E-state index in [1.54, 1.807) is 22.3 Å². The molecular formula is C33H42O2. The molecule has 186 valence electrons. The van der Waals surface area contributed by atoms with E-state index in [1.165, 1.54) is 28.7 Å². The van der Waals surface area contributed by atoms with Gasteiger partial charge < -0.3 is 9.47 Å². The molecule has 2 saturated heterocycles. The van der Waals surface area contributed by atoms with Crippen LogP contribution in [0.3, 0.4) is 0 Å². The van der Waals surface area contributed by atoms with Crippen molar-refractivity contribution < 1.29 is 9.47 Å². The van der Waals surface area contributed by atoms with Crippen molar-refractivity contribution in [2.75, 3.05) is 0 Å². The first-order chi connectivity index (χ1) is 16.4. The molecule has 0 N–H and O–H groups in total. The third kappa shape index (κ3) is 2.32. The Balaban J connectivity index is 1.28. The third-order valence-electron chi connectivity index (χ3n) is 12.7. The molecule has 0 saturated carbocycles. The van der Waals surface area contributed by atoms with Crippen LogP contribution < -0.4 is 0 Å². The molecule has 6 unspecified atom stereocenters. The molecule has 2 heteroatoms. The van der Waals surface area contributed by atoms with Crippen LogP contribution in [0.5, 0.6) is 0 Å². The van der Waals surface area contributed by atoms with Crippen molar-refractivity contribution in [2.45, 2.75) is 134 Å². The number of hydrogen-bond acceptors (Lipinski definition) is 2. The number of rotatable bonds is 4. The van der Waals surface area contributed by atoms with Crippen molar-refractivity contribution in [1.82, 2.24) is 0 Å². The molecule has 0 aromatic heterocycles. The fourth-order valence-corrected chi connectivity index (χ4v) is 9.96. The summed E-state index contributed by atoms with van der Waals surface area (Å²) in [4.78, 5) is 0. The van der Waals surface area contributed by atoms with Gasteiger partial charge in [-0.2, -0.15) is 0 Å². The van der Waals surface area contributed by atoms with Crippen LogP contribution in [0.15, 0.2) is 57.7 Å². The molecule has 6 bridgehead atoms. The van der Waals surface area contributed by atoms with Crippen molar-refractivity contribution in [1.29, 1.82) is 0 Å². The minimum absolute atomic E-state index is 0.0675. The second-order valence-corrected chi connectivity index (χ2v) is 13.7. The van der Waals surface area contributed by atoms with E-state index in [-0.39, 0.29) is 33.2 Å². The quantitative estimate of drug-likeness (QED) is 0.415. The molecule has 2 aliphatic carbocycles. The Bertz CT molecular complexity index is 1300. The molecule has 1 aromatic rings. The standard InChI is InChI=1S/C33H42O2/c1-20-22(3)30(17-28(20,7)26-11-9-10-12-27(26)30)18-31-15-16-33(35-31,25(6)24(31)5)19-32-14-13-29(8,34-32)21(2)23(32)4/h9-12H,13-19H2,1-8H3. The molecular weight excluding hydrogens is 428 g/mol. The lowest BCUT2D eigenvalue weighted by Crippen LogP contribution is -2.42. The van der Waals surface area contributed by atoms with E-state index < -0.39 is 0 Å². The first kappa shape index (κ1) is 22.5. The van der Waals surface area contributed by atoms with Crippen molar-refractivity contribution in [3.05, 3.63) is 68.8 Å². The number of benzene rings is 1. The van der Waals surface area contributed by atoms with Crippen LogP contribution in [-0.2, 0) is 20.3 Å². The highest BCUT2D eigenvalue weighted by atomic mass is 16.6. The van der Waals surface area contributed by atoms with Crippen molar-refractivity contribution in [2.24, 2.45) is 0 Å². The summed E-state index contributed by atoms with van der Waals surface area (Å²) in [5.74, 6) is 0. The van der Waals surface area contributed by atoms with E-state index in [1.807, 2.05) is 0 Å². The summed E-state index contributed by atoms with van der Waals surface area (Å²) in [7, 11) is 0. The van der Waals surface area contributed by atoms with E-state index in [2.05, 4.69) is 79.7 Å². The van der Waals surface area contributed by atoms with Crippen LogP contribution in [0, 0.1) is 0 Å². The number of allylic oxidation sites excluding steroid dienone is 2. The van der Waals surface area contributed by atoms with Gasteiger partial charge in [0.1, 0.15) is 0 Å². The second-order valence-electron chi connectivity index (χ2n) is 13.7. The Morgan fingerprint density at radius 2 is 1.14 bits per heavy atom. The molecule has 4 heterocycles. The number of ether oxygens (including phenoxy) is 2. The monoisotopic (exact) mass is 470 g/mol. The van der Waals surface area contributed by atoms with Gasteiger partial charge in [-0.3, -0.25) is 0 Å². The van der Waals surface area contributed by atoms with Gasteiger partial charge in [-0.15, -0.1) is 0 Å². The molecule has 6 aliphatic rings. The Hall–Kier alpha value is -1.64. The van der Waals surface area contributed by atoms with Gasteiger partial charge in [0.15, 0.2) is 0 Å². The van der Waals surface area contributed by atoms with Gasteiger partial charge in [-0.25, -0.2) is 0 Å². The van der Waals surface area contributed by atoms with Crippen LogP contribution in [0.2, 0.25) is 0 Å². The van der Waals surface area contributed by atoms with Gasteiger partial charge in [0.05, 0.1) is 22.4 Å². The van der Waals surface area contributed by atoms with E-state index in [4.69, 9.17) is 9.47 Å². The van der Waals surface area contributed by atoms with E-state index in [0.717, 1.165) is 38.5 Å². The first-order valence-corrected chi connectivity index (χ1v) is 13.9. The minimum Gasteiger partial charge on any atom is -0.360 e. The van der Waals surface area contributed by atoms with Gasteiger partial charge in [0, 0.05) is 17.3 Å². The van der Waals surface area contributed by atoms with Crippen LogP contribution in [0.1, 0.15) is 111 Å². The summed E-state index contributed by atoms with van der Waals surface area (Å²) >= 11 is 0. The van der Waals surface area contributed by atoms with Gasteiger partial charge in [0.25, 0.3) is 0 Å². The number of hydrogen-bond donors (Lipinski definition) is 0. The van der Waals surface area contributed by atoms with Crippen LogP contribution in [0.4, 0.5) is 0 Å². The second kappa shape index (κ2) is 6.25. The van der Waals surface area contributed by atoms with E-state index in [9.17, 15) is 0 Å². The third-order valence-corrected chi connectivity index (χ3v) is 12.7. The van der Waals surface area contributed by atoms with Gasteiger partial charge in [-0.05, 0) is 120 Å². The Labute approximate surface area is 211 Å². The normalized spacial score (nSPS) is 47.2. The zero-order valence-electron chi connectivity index (χ0n) is 23.1. The maximum absolute atomic E-state index is 7.44. The van der Waals surface area contributed by atoms with Crippen LogP contribution in [-0.4, -0.2) is 22.4 Å². The molecule has 0 amide bonds. The zero-order chi connectivity index (χ0) is 24.8. The molecule has 0 spiro atoms. The fraction of sp³-hybridized carbons (Fsp3) is 0.636. The minimum atomic E-state index is -0.176. The van der Waals surface area contributed by atoms with Crippen LogP contribution in [0.25, 0.3) is 0 Å². The summed E-state index contributed by atoms with van der Waals surface area (Å²) in [5, 5.41) is 0. The largest absolute Gasteiger partial charge is 0.360 e. The molecule has 35 heavy (non-hydrogen) atoms. The molecule has 1 aromatic carbocycles. The molecule has 4 aliphatic heterocycles. The molecule has 2 nitrogen and oxygen atoms in total. The SMILES string of the molecule is CC1=C(C)C2(CC34CCC(CC56CC(C)(C(C)=C5C)c5ccccc56)(O3)C(C)=C4C)CCC1(C)O2. The Kier molecular flexibility index (Phi) is 4.03. The smallest absolute Gasteiger partial charge is 0.0936 e. The average molecular weight is 471 g/mol. The Morgan fingerprint density at radius 1 is 0.600 bits per heavy atom. The maximum Gasteiger partial charge on any atom is 0.0936 e.